The number of nitrogens with two attached hydrogens (primary N) is 1. The molecule has 0 spiro atoms. The molecule has 0 unspecified atom stereocenters. The Morgan fingerprint density at radius 2 is 1.92 bits per heavy atom. The fourth-order valence-corrected chi connectivity index (χ4v) is 2.80. The Labute approximate surface area is 82.6 Å². The van der Waals surface area contributed by atoms with Gasteiger partial charge in [0.25, 0.3) is 0 Å². The maximum atomic E-state index is 5.51. The first-order valence-electron chi connectivity index (χ1n) is 4.84. The van der Waals surface area contributed by atoms with Crippen LogP contribution in [-0.2, 0) is 6.42 Å². The Hall–Kier alpha value is -0.603. The zero-order valence-electron chi connectivity index (χ0n) is 8.51. The van der Waals surface area contributed by atoms with Crippen molar-refractivity contribution >= 4 is 14.0 Å². The summed E-state index contributed by atoms with van der Waals surface area (Å²) in [6, 6.07) is 8.77. The average molecular weight is 192 g/mol. The van der Waals surface area contributed by atoms with E-state index in [0.29, 0.717) is 0 Å². The van der Waals surface area contributed by atoms with Crippen molar-refractivity contribution in [1.82, 2.24) is 0 Å². The second kappa shape index (κ2) is 5.20. The fourth-order valence-electron chi connectivity index (χ4n) is 1.52. The number of benzene rings is 1. The van der Waals surface area contributed by atoms with Crippen LogP contribution in [0, 0.1) is 0 Å². The van der Waals surface area contributed by atoms with Gasteiger partial charge in [0.15, 0.2) is 0 Å². The van der Waals surface area contributed by atoms with E-state index in [1.165, 1.54) is 5.56 Å². The molecule has 2 heteroatoms. The Morgan fingerprint density at radius 3 is 2.54 bits per heavy atom. The molecule has 1 aromatic carbocycles. The molecule has 0 heterocycles. The summed E-state index contributed by atoms with van der Waals surface area (Å²) >= 11 is 0. The molecule has 0 atom stereocenters. The van der Waals surface area contributed by atoms with E-state index in [4.69, 9.17) is 5.73 Å². The number of hydrogen-bond acceptors (Lipinski definition) is 1. The van der Waals surface area contributed by atoms with Gasteiger partial charge in [-0.1, -0.05) is 42.5 Å². The molecule has 0 fully saturated rings. The summed E-state index contributed by atoms with van der Waals surface area (Å²) < 4.78 is 0. The SMILES string of the molecule is C[Si](C)c1ccccc1CCCN. The first-order chi connectivity index (χ1) is 6.25. The third-order valence-corrected chi connectivity index (χ3v) is 3.77. The van der Waals surface area contributed by atoms with E-state index in [0.717, 1.165) is 19.4 Å². The first kappa shape index (κ1) is 10.5. The summed E-state index contributed by atoms with van der Waals surface area (Å²) in [5, 5.41) is 1.57. The minimum atomic E-state index is -0.313. The van der Waals surface area contributed by atoms with Crippen LogP contribution < -0.4 is 10.9 Å². The van der Waals surface area contributed by atoms with Gasteiger partial charge < -0.3 is 5.73 Å². The van der Waals surface area contributed by atoms with Gasteiger partial charge in [-0.2, -0.15) is 0 Å². The van der Waals surface area contributed by atoms with Crippen molar-refractivity contribution in [2.45, 2.75) is 25.9 Å². The van der Waals surface area contributed by atoms with E-state index in [1.807, 2.05) is 0 Å². The second-order valence-electron chi connectivity index (χ2n) is 3.55. The lowest BCUT2D eigenvalue weighted by atomic mass is 10.1. The van der Waals surface area contributed by atoms with Crippen molar-refractivity contribution in [3.05, 3.63) is 29.8 Å². The van der Waals surface area contributed by atoms with Gasteiger partial charge in [0.05, 0.1) is 8.80 Å². The predicted molar refractivity (Wildman–Crippen MR) is 60.9 cm³/mol. The Kier molecular flexibility index (Phi) is 4.19. The van der Waals surface area contributed by atoms with Gasteiger partial charge in [-0.3, -0.25) is 0 Å². The summed E-state index contributed by atoms with van der Waals surface area (Å²) in [5.74, 6) is 0. The second-order valence-corrected chi connectivity index (χ2v) is 6.09. The molecule has 0 aliphatic carbocycles. The quantitative estimate of drug-likeness (QED) is 0.720. The third kappa shape index (κ3) is 2.97. The van der Waals surface area contributed by atoms with Crippen LogP contribution in [0.1, 0.15) is 12.0 Å². The number of aryl methyl sites for hydroxylation is 1. The minimum absolute atomic E-state index is 0.313. The van der Waals surface area contributed by atoms with Crippen LogP contribution in [0.3, 0.4) is 0 Å². The highest BCUT2D eigenvalue weighted by atomic mass is 28.3. The molecule has 1 radical (unpaired) electrons. The van der Waals surface area contributed by atoms with E-state index in [9.17, 15) is 0 Å². The van der Waals surface area contributed by atoms with E-state index >= 15 is 0 Å². The first-order valence-corrected chi connectivity index (χ1v) is 7.34. The molecule has 0 aliphatic rings. The Bertz CT molecular complexity index is 258. The summed E-state index contributed by atoms with van der Waals surface area (Å²) in [7, 11) is -0.313. The van der Waals surface area contributed by atoms with Crippen LogP contribution in [0.2, 0.25) is 13.1 Å². The maximum absolute atomic E-state index is 5.51. The molecule has 0 aliphatic heterocycles. The van der Waals surface area contributed by atoms with Gasteiger partial charge in [-0.15, -0.1) is 0 Å². The van der Waals surface area contributed by atoms with Gasteiger partial charge in [0, 0.05) is 0 Å². The van der Waals surface area contributed by atoms with Gasteiger partial charge in [-0.05, 0) is 24.9 Å². The molecule has 1 rings (SSSR count). The predicted octanol–water partition coefficient (Wildman–Crippen LogP) is 1.54. The van der Waals surface area contributed by atoms with Crippen LogP contribution in [0.25, 0.3) is 0 Å². The van der Waals surface area contributed by atoms with Crippen molar-refractivity contribution < 1.29 is 0 Å². The number of hydrogen-bond donors (Lipinski definition) is 1. The molecule has 0 bridgehead atoms. The van der Waals surface area contributed by atoms with Crippen LogP contribution in [0.15, 0.2) is 24.3 Å². The Morgan fingerprint density at radius 1 is 1.23 bits per heavy atom. The number of rotatable bonds is 4. The molecule has 1 aromatic rings. The summed E-state index contributed by atoms with van der Waals surface area (Å²) in [5.41, 5.74) is 7.02. The smallest absolute Gasteiger partial charge is 0.0795 e. The molecule has 13 heavy (non-hydrogen) atoms. The summed E-state index contributed by atoms with van der Waals surface area (Å²) in [4.78, 5) is 0. The average Bonchev–Trinajstić information content (AvgIpc) is 2.15. The van der Waals surface area contributed by atoms with Crippen molar-refractivity contribution in [3.8, 4) is 0 Å². The monoisotopic (exact) mass is 192 g/mol. The zero-order valence-corrected chi connectivity index (χ0v) is 9.51. The Balaban J connectivity index is 2.78. The highest BCUT2D eigenvalue weighted by molar-refractivity contribution is 6.71. The molecule has 1 nitrogen and oxygen atoms in total. The largest absolute Gasteiger partial charge is 0.330 e. The highest BCUT2D eigenvalue weighted by Crippen LogP contribution is 2.01. The normalized spacial score (nSPS) is 10.8. The lowest BCUT2D eigenvalue weighted by molar-refractivity contribution is 0.835. The van der Waals surface area contributed by atoms with Gasteiger partial charge in [0.2, 0.25) is 0 Å². The molecule has 0 amide bonds. The van der Waals surface area contributed by atoms with Crippen molar-refractivity contribution in [3.63, 3.8) is 0 Å². The maximum Gasteiger partial charge on any atom is 0.0795 e. The molecule has 2 N–H and O–H groups in total. The fraction of sp³-hybridized carbons (Fsp3) is 0.455. The lowest BCUT2D eigenvalue weighted by Crippen LogP contribution is -2.26. The highest BCUT2D eigenvalue weighted by Gasteiger charge is 2.05. The zero-order chi connectivity index (χ0) is 9.68. The summed E-state index contributed by atoms with van der Waals surface area (Å²) in [6.45, 7) is 5.47. The molecular weight excluding hydrogens is 174 g/mol. The van der Waals surface area contributed by atoms with Crippen molar-refractivity contribution in [2.75, 3.05) is 6.54 Å². The van der Waals surface area contributed by atoms with E-state index in [2.05, 4.69) is 37.4 Å². The topological polar surface area (TPSA) is 26.0 Å². The molecule has 0 saturated carbocycles. The van der Waals surface area contributed by atoms with E-state index in [1.54, 1.807) is 5.19 Å². The van der Waals surface area contributed by atoms with Crippen molar-refractivity contribution in [1.29, 1.82) is 0 Å². The molecular formula is C11H18NSi. The standard InChI is InChI=1S/C11H18NSi/c1-13(2)11-8-4-3-6-10(11)7-5-9-12/h3-4,6,8H,5,7,9,12H2,1-2H3. The lowest BCUT2D eigenvalue weighted by Gasteiger charge is -2.10. The van der Waals surface area contributed by atoms with E-state index in [-0.39, 0.29) is 8.80 Å². The minimum Gasteiger partial charge on any atom is -0.330 e. The summed E-state index contributed by atoms with van der Waals surface area (Å²) in [6.07, 6.45) is 2.24. The van der Waals surface area contributed by atoms with E-state index < -0.39 is 0 Å². The van der Waals surface area contributed by atoms with Crippen molar-refractivity contribution in [2.24, 2.45) is 5.73 Å². The van der Waals surface area contributed by atoms with Gasteiger partial charge in [-0.25, -0.2) is 0 Å². The molecule has 71 valence electrons. The van der Waals surface area contributed by atoms with Crippen LogP contribution in [0.5, 0.6) is 0 Å². The molecule has 0 saturated heterocycles. The van der Waals surface area contributed by atoms with Crippen LogP contribution in [-0.4, -0.2) is 15.3 Å². The van der Waals surface area contributed by atoms with Crippen LogP contribution >= 0.6 is 0 Å². The molecule has 0 aromatic heterocycles. The third-order valence-electron chi connectivity index (χ3n) is 2.21. The van der Waals surface area contributed by atoms with Crippen LogP contribution in [0.4, 0.5) is 0 Å². The van der Waals surface area contributed by atoms with Gasteiger partial charge in [0.1, 0.15) is 0 Å². The van der Waals surface area contributed by atoms with Gasteiger partial charge >= 0.3 is 0 Å².